The van der Waals surface area contributed by atoms with Crippen LogP contribution >= 0.6 is 0 Å². The molecule has 1 heterocycles. The number of hydrogen-bond donors (Lipinski definition) is 1. The smallest absolute Gasteiger partial charge is 0.254 e. The summed E-state index contributed by atoms with van der Waals surface area (Å²) >= 11 is 0. The molecule has 3 rings (SSSR count). The number of quaternary nitrogens is 1. The molecule has 0 aliphatic heterocycles. The number of nitrogens with zero attached hydrogens (tertiary/aromatic N) is 2. The van der Waals surface area contributed by atoms with Gasteiger partial charge in [0, 0.05) is 11.1 Å². The number of rotatable bonds is 8. The van der Waals surface area contributed by atoms with Gasteiger partial charge in [0.05, 0.1) is 13.7 Å². The predicted octanol–water partition coefficient (Wildman–Crippen LogP) is 3.84. The largest absolute Gasteiger partial charge is 0.497 e. The van der Waals surface area contributed by atoms with Gasteiger partial charge in [-0.3, -0.25) is 0 Å². The van der Waals surface area contributed by atoms with Gasteiger partial charge in [-0.2, -0.15) is 4.98 Å². The molecule has 0 amide bonds. The predicted molar refractivity (Wildman–Crippen MR) is 102 cm³/mol. The summed E-state index contributed by atoms with van der Waals surface area (Å²) in [6.07, 6.45) is 4.74. The molecule has 0 radical (unpaired) electrons. The third kappa shape index (κ3) is 5.01. The standard InChI is InChI=1S/C21H22FN3O2/c1-26-19-11-7-16(8-12-19)20-24-21(27-25-20)17(4-2-3-13-23)14-15-5-9-18(22)10-6-15/h5-12,14H,2-4,13,23H2,1H3/p+1/b17-14+. The molecule has 140 valence electrons. The van der Waals surface area contributed by atoms with Crippen LogP contribution in [0.1, 0.15) is 30.7 Å². The summed E-state index contributed by atoms with van der Waals surface area (Å²) < 4.78 is 23.9. The fourth-order valence-electron chi connectivity index (χ4n) is 2.70. The van der Waals surface area contributed by atoms with E-state index in [0.29, 0.717) is 11.7 Å². The van der Waals surface area contributed by atoms with Crippen molar-refractivity contribution in [1.82, 2.24) is 10.1 Å². The number of halogens is 1. The van der Waals surface area contributed by atoms with Crippen LogP contribution < -0.4 is 10.5 Å². The molecule has 0 atom stereocenters. The molecule has 3 aromatic rings. The fraction of sp³-hybridized carbons (Fsp3) is 0.238. The van der Waals surface area contributed by atoms with Gasteiger partial charge in [0.1, 0.15) is 11.6 Å². The first kappa shape index (κ1) is 18.8. The summed E-state index contributed by atoms with van der Waals surface area (Å²) in [4.78, 5) is 4.55. The number of ether oxygens (including phenoxy) is 1. The van der Waals surface area contributed by atoms with Gasteiger partial charge in [-0.25, -0.2) is 4.39 Å². The van der Waals surface area contributed by atoms with Crippen molar-refractivity contribution in [2.75, 3.05) is 13.7 Å². The van der Waals surface area contributed by atoms with E-state index in [1.54, 1.807) is 19.2 Å². The lowest BCUT2D eigenvalue weighted by atomic mass is 10.0. The summed E-state index contributed by atoms with van der Waals surface area (Å²) in [5.74, 6) is 1.52. The van der Waals surface area contributed by atoms with Crippen LogP contribution in [0, 0.1) is 5.82 Å². The van der Waals surface area contributed by atoms with E-state index >= 15 is 0 Å². The first-order valence-electron chi connectivity index (χ1n) is 8.93. The number of benzene rings is 2. The number of hydrogen-bond acceptors (Lipinski definition) is 4. The van der Waals surface area contributed by atoms with E-state index < -0.39 is 0 Å². The van der Waals surface area contributed by atoms with Crippen molar-refractivity contribution in [2.24, 2.45) is 0 Å². The lowest BCUT2D eigenvalue weighted by molar-refractivity contribution is -0.368. The van der Waals surface area contributed by atoms with Crippen LogP contribution in [0.15, 0.2) is 53.1 Å². The van der Waals surface area contributed by atoms with Crippen LogP contribution in [0.4, 0.5) is 4.39 Å². The maximum atomic E-state index is 13.2. The zero-order valence-corrected chi connectivity index (χ0v) is 15.3. The highest BCUT2D eigenvalue weighted by Crippen LogP contribution is 2.26. The highest BCUT2D eigenvalue weighted by molar-refractivity contribution is 5.78. The van der Waals surface area contributed by atoms with Crippen LogP contribution in [-0.2, 0) is 0 Å². The summed E-state index contributed by atoms with van der Waals surface area (Å²) in [6.45, 7) is 0.880. The molecule has 2 aromatic carbocycles. The third-order valence-electron chi connectivity index (χ3n) is 4.21. The van der Waals surface area contributed by atoms with Gasteiger partial charge in [-0.1, -0.05) is 17.3 Å². The minimum Gasteiger partial charge on any atom is -0.497 e. The maximum Gasteiger partial charge on any atom is 0.254 e. The minimum atomic E-state index is -0.259. The van der Waals surface area contributed by atoms with Gasteiger partial charge in [-0.05, 0) is 67.3 Å². The zero-order chi connectivity index (χ0) is 19.1. The molecule has 0 unspecified atom stereocenters. The fourth-order valence-corrected chi connectivity index (χ4v) is 2.70. The molecule has 0 aliphatic carbocycles. The lowest BCUT2D eigenvalue weighted by Crippen LogP contribution is -2.50. The lowest BCUT2D eigenvalue weighted by Gasteiger charge is -2.03. The minimum absolute atomic E-state index is 0.259. The Kier molecular flexibility index (Phi) is 6.33. The molecule has 0 saturated heterocycles. The van der Waals surface area contributed by atoms with Crippen molar-refractivity contribution in [2.45, 2.75) is 19.3 Å². The number of allylic oxidation sites excluding steroid dienone is 1. The van der Waals surface area contributed by atoms with Crippen LogP contribution in [-0.4, -0.2) is 23.8 Å². The Morgan fingerprint density at radius 2 is 1.85 bits per heavy atom. The molecule has 3 N–H and O–H groups in total. The van der Waals surface area contributed by atoms with E-state index in [1.165, 1.54) is 12.1 Å². The van der Waals surface area contributed by atoms with Crippen molar-refractivity contribution >= 4 is 11.6 Å². The second kappa shape index (κ2) is 9.09. The molecular formula is C21H23FN3O2+. The van der Waals surface area contributed by atoms with E-state index in [1.807, 2.05) is 30.3 Å². The Balaban J connectivity index is 1.87. The molecule has 27 heavy (non-hydrogen) atoms. The van der Waals surface area contributed by atoms with E-state index in [-0.39, 0.29) is 5.82 Å². The van der Waals surface area contributed by atoms with Gasteiger partial charge >= 0.3 is 0 Å². The van der Waals surface area contributed by atoms with E-state index in [2.05, 4.69) is 15.9 Å². The zero-order valence-electron chi connectivity index (χ0n) is 15.3. The number of methoxy groups -OCH3 is 1. The van der Waals surface area contributed by atoms with E-state index in [4.69, 9.17) is 9.26 Å². The Labute approximate surface area is 157 Å². The topological polar surface area (TPSA) is 75.8 Å². The SMILES string of the molecule is COc1ccc(-c2noc(/C(=C/c3ccc(F)cc3)CCCC[NH3+])n2)cc1. The molecule has 5 nitrogen and oxygen atoms in total. The van der Waals surface area contributed by atoms with Crippen LogP contribution in [0.5, 0.6) is 5.75 Å². The van der Waals surface area contributed by atoms with Crippen LogP contribution in [0.3, 0.4) is 0 Å². The summed E-state index contributed by atoms with van der Waals surface area (Å²) in [5.41, 5.74) is 6.56. The Bertz CT molecular complexity index is 887. The Hall–Kier alpha value is -2.99. The molecule has 1 aromatic heterocycles. The maximum absolute atomic E-state index is 13.2. The molecule has 6 heteroatoms. The van der Waals surface area contributed by atoms with Gasteiger partial charge in [0.2, 0.25) is 5.82 Å². The van der Waals surface area contributed by atoms with Gasteiger partial charge in [0.25, 0.3) is 5.89 Å². The Morgan fingerprint density at radius 1 is 1.11 bits per heavy atom. The first-order valence-corrected chi connectivity index (χ1v) is 8.93. The summed E-state index contributed by atoms with van der Waals surface area (Å²) in [5, 5.41) is 4.11. The average molecular weight is 368 g/mol. The van der Waals surface area contributed by atoms with Gasteiger partial charge in [0.15, 0.2) is 0 Å². The summed E-state index contributed by atoms with van der Waals surface area (Å²) in [7, 11) is 1.62. The van der Waals surface area contributed by atoms with E-state index in [0.717, 1.165) is 48.3 Å². The highest BCUT2D eigenvalue weighted by atomic mass is 19.1. The molecule has 0 bridgehead atoms. The normalized spacial score (nSPS) is 11.6. The molecule has 0 spiro atoms. The molecule has 0 fully saturated rings. The van der Waals surface area contributed by atoms with Crippen molar-refractivity contribution < 1.29 is 19.4 Å². The van der Waals surface area contributed by atoms with Crippen molar-refractivity contribution in [3.8, 4) is 17.1 Å². The summed E-state index contributed by atoms with van der Waals surface area (Å²) in [6, 6.07) is 13.8. The molecular weight excluding hydrogens is 345 g/mol. The van der Waals surface area contributed by atoms with Gasteiger partial charge in [-0.15, -0.1) is 0 Å². The van der Waals surface area contributed by atoms with Gasteiger partial charge < -0.3 is 15.0 Å². The van der Waals surface area contributed by atoms with E-state index in [9.17, 15) is 4.39 Å². The second-order valence-corrected chi connectivity index (χ2v) is 6.18. The first-order chi connectivity index (χ1) is 13.2. The monoisotopic (exact) mass is 368 g/mol. The number of unbranched alkanes of at least 4 members (excludes halogenated alkanes) is 1. The van der Waals surface area contributed by atoms with Crippen LogP contribution in [0.2, 0.25) is 0 Å². The van der Waals surface area contributed by atoms with Crippen molar-refractivity contribution in [1.29, 1.82) is 0 Å². The van der Waals surface area contributed by atoms with Crippen molar-refractivity contribution in [3.63, 3.8) is 0 Å². The second-order valence-electron chi connectivity index (χ2n) is 6.18. The third-order valence-corrected chi connectivity index (χ3v) is 4.21. The molecule has 0 aliphatic rings. The highest BCUT2D eigenvalue weighted by Gasteiger charge is 2.13. The number of aromatic nitrogens is 2. The van der Waals surface area contributed by atoms with Crippen LogP contribution in [0.25, 0.3) is 23.0 Å². The average Bonchev–Trinajstić information content (AvgIpc) is 3.19. The Morgan fingerprint density at radius 3 is 2.52 bits per heavy atom. The molecule has 0 saturated carbocycles. The van der Waals surface area contributed by atoms with Crippen molar-refractivity contribution in [3.05, 3.63) is 65.8 Å². The quantitative estimate of drug-likeness (QED) is 0.613.